The number of ether oxygens (including phenoxy) is 1. The Morgan fingerprint density at radius 1 is 1.32 bits per heavy atom. The monoisotopic (exact) mass is 453 g/mol. The highest BCUT2D eigenvalue weighted by atomic mass is 127. The van der Waals surface area contributed by atoms with E-state index in [4.69, 9.17) is 4.74 Å². The van der Waals surface area contributed by atoms with Crippen molar-refractivity contribution in [3.63, 3.8) is 0 Å². The number of benzene rings is 1. The van der Waals surface area contributed by atoms with Gasteiger partial charge < -0.3 is 10.1 Å². The molecule has 3 heterocycles. The highest BCUT2D eigenvalue weighted by Gasteiger charge is 2.21. The van der Waals surface area contributed by atoms with Gasteiger partial charge in [-0.05, 0) is 59.5 Å². The van der Waals surface area contributed by atoms with Crippen LogP contribution in [0.25, 0.3) is 11.2 Å². The standard InChI is InChI=1S/C17H17FIN5O/c18-17-22-15(20-9-11-4-3-5-12(19)8-11)14-16(23-17)24(10-21-14)13-6-1-2-7-25-13/h3-5,8,10,13H,1-2,6-7,9H2,(H,20,22,23). The fraction of sp³-hybridized carbons (Fsp3) is 0.353. The number of anilines is 1. The van der Waals surface area contributed by atoms with Gasteiger partial charge in [-0.1, -0.05) is 12.1 Å². The summed E-state index contributed by atoms with van der Waals surface area (Å²) in [5, 5.41) is 3.18. The van der Waals surface area contributed by atoms with Crippen LogP contribution in [0.2, 0.25) is 0 Å². The van der Waals surface area contributed by atoms with Gasteiger partial charge in [-0.3, -0.25) is 4.57 Å². The van der Waals surface area contributed by atoms with Gasteiger partial charge in [0.05, 0.1) is 6.33 Å². The lowest BCUT2D eigenvalue weighted by molar-refractivity contribution is -0.0298. The van der Waals surface area contributed by atoms with Crippen molar-refractivity contribution in [2.24, 2.45) is 0 Å². The Balaban J connectivity index is 1.63. The van der Waals surface area contributed by atoms with Crippen LogP contribution in [0, 0.1) is 9.65 Å². The lowest BCUT2D eigenvalue weighted by atomic mass is 10.2. The third-order valence-electron chi connectivity index (χ3n) is 4.21. The number of nitrogens with one attached hydrogen (secondary N) is 1. The molecule has 0 spiro atoms. The topological polar surface area (TPSA) is 64.9 Å². The Kier molecular flexibility index (Phi) is 4.80. The van der Waals surface area contributed by atoms with E-state index in [9.17, 15) is 4.39 Å². The Morgan fingerprint density at radius 2 is 2.24 bits per heavy atom. The first-order chi connectivity index (χ1) is 12.2. The number of fused-ring (bicyclic) bond motifs is 1. The van der Waals surface area contributed by atoms with Crippen molar-refractivity contribution in [1.29, 1.82) is 0 Å². The van der Waals surface area contributed by atoms with Crippen LogP contribution in [0.5, 0.6) is 0 Å². The predicted molar refractivity (Wildman–Crippen MR) is 101 cm³/mol. The van der Waals surface area contributed by atoms with Crippen molar-refractivity contribution in [2.75, 3.05) is 11.9 Å². The Morgan fingerprint density at radius 3 is 3.04 bits per heavy atom. The van der Waals surface area contributed by atoms with Gasteiger partial charge in [-0.2, -0.15) is 14.4 Å². The Labute approximate surface area is 158 Å². The van der Waals surface area contributed by atoms with E-state index < -0.39 is 6.08 Å². The normalized spacial score (nSPS) is 17.8. The molecule has 0 saturated carbocycles. The molecule has 6 nitrogen and oxygen atoms in total. The van der Waals surface area contributed by atoms with Crippen molar-refractivity contribution in [2.45, 2.75) is 32.0 Å². The van der Waals surface area contributed by atoms with E-state index in [1.54, 1.807) is 10.9 Å². The quantitative estimate of drug-likeness (QED) is 0.480. The zero-order valence-electron chi connectivity index (χ0n) is 13.5. The summed E-state index contributed by atoms with van der Waals surface area (Å²) >= 11 is 2.26. The smallest absolute Gasteiger partial charge is 0.312 e. The van der Waals surface area contributed by atoms with Crippen molar-refractivity contribution in [1.82, 2.24) is 19.5 Å². The van der Waals surface area contributed by atoms with E-state index in [0.29, 0.717) is 30.1 Å². The van der Waals surface area contributed by atoms with Gasteiger partial charge in [0.15, 0.2) is 17.0 Å². The number of imidazole rings is 1. The molecule has 1 unspecified atom stereocenters. The van der Waals surface area contributed by atoms with Crippen molar-refractivity contribution < 1.29 is 9.13 Å². The maximum atomic E-state index is 14.0. The molecule has 3 aromatic rings. The first kappa shape index (κ1) is 16.6. The summed E-state index contributed by atoms with van der Waals surface area (Å²) in [5.74, 6) is 0.399. The van der Waals surface area contributed by atoms with E-state index in [1.807, 2.05) is 18.2 Å². The van der Waals surface area contributed by atoms with Gasteiger partial charge in [-0.15, -0.1) is 0 Å². The van der Waals surface area contributed by atoms with Crippen molar-refractivity contribution >= 4 is 39.6 Å². The van der Waals surface area contributed by atoms with Crippen LogP contribution in [0.3, 0.4) is 0 Å². The lowest BCUT2D eigenvalue weighted by Crippen LogP contribution is -2.18. The van der Waals surface area contributed by atoms with Crippen LogP contribution in [-0.2, 0) is 11.3 Å². The molecule has 25 heavy (non-hydrogen) atoms. The number of hydrogen-bond donors (Lipinski definition) is 1. The fourth-order valence-electron chi connectivity index (χ4n) is 3.00. The van der Waals surface area contributed by atoms with Crippen LogP contribution >= 0.6 is 22.6 Å². The molecule has 0 aliphatic carbocycles. The number of halogens is 2. The predicted octanol–water partition coefficient (Wildman–Crippen LogP) is 3.88. The van der Waals surface area contributed by atoms with Gasteiger partial charge in [-0.25, -0.2) is 4.98 Å². The van der Waals surface area contributed by atoms with E-state index in [0.717, 1.165) is 28.4 Å². The first-order valence-electron chi connectivity index (χ1n) is 8.21. The summed E-state index contributed by atoms with van der Waals surface area (Å²) in [4.78, 5) is 12.2. The van der Waals surface area contributed by atoms with E-state index >= 15 is 0 Å². The molecule has 1 aromatic carbocycles. The maximum absolute atomic E-state index is 14.0. The summed E-state index contributed by atoms with van der Waals surface area (Å²) in [6.07, 6.45) is 3.75. The highest BCUT2D eigenvalue weighted by Crippen LogP contribution is 2.27. The zero-order chi connectivity index (χ0) is 17.2. The molecule has 4 rings (SSSR count). The molecule has 1 atom stereocenters. The molecule has 1 fully saturated rings. The molecule has 0 radical (unpaired) electrons. The van der Waals surface area contributed by atoms with Crippen LogP contribution in [0.15, 0.2) is 30.6 Å². The van der Waals surface area contributed by atoms with Gasteiger partial charge in [0.1, 0.15) is 6.23 Å². The minimum atomic E-state index is -0.768. The third-order valence-corrected chi connectivity index (χ3v) is 4.88. The molecule has 0 bridgehead atoms. The molecule has 1 N–H and O–H groups in total. The van der Waals surface area contributed by atoms with Crippen LogP contribution in [0.1, 0.15) is 31.1 Å². The van der Waals surface area contributed by atoms with Crippen LogP contribution in [-0.4, -0.2) is 26.1 Å². The second-order valence-corrected chi connectivity index (χ2v) is 7.22. The number of aromatic nitrogens is 4. The maximum Gasteiger partial charge on any atom is 0.312 e. The highest BCUT2D eigenvalue weighted by molar-refractivity contribution is 14.1. The lowest BCUT2D eigenvalue weighted by Gasteiger charge is -2.23. The fourth-order valence-corrected chi connectivity index (χ4v) is 3.61. The second-order valence-electron chi connectivity index (χ2n) is 5.97. The minimum absolute atomic E-state index is 0.142. The van der Waals surface area contributed by atoms with E-state index in [-0.39, 0.29) is 6.23 Å². The number of nitrogens with zero attached hydrogens (tertiary/aromatic N) is 4. The van der Waals surface area contributed by atoms with Gasteiger partial charge >= 0.3 is 6.08 Å². The van der Waals surface area contributed by atoms with Gasteiger partial charge in [0.2, 0.25) is 0 Å². The Hall–Kier alpha value is -1.81. The molecule has 1 aliphatic rings. The SMILES string of the molecule is Fc1nc(NCc2cccc(I)c2)c2ncn(C3CCCCO3)c2n1. The van der Waals surface area contributed by atoms with Gasteiger partial charge in [0.25, 0.3) is 0 Å². The minimum Gasteiger partial charge on any atom is -0.364 e. The zero-order valence-corrected chi connectivity index (χ0v) is 15.6. The average molecular weight is 453 g/mol. The summed E-state index contributed by atoms with van der Waals surface area (Å²) in [6.45, 7) is 1.24. The summed E-state index contributed by atoms with van der Waals surface area (Å²) < 4.78 is 22.7. The average Bonchev–Trinajstić information content (AvgIpc) is 3.04. The largest absolute Gasteiger partial charge is 0.364 e. The molecule has 0 amide bonds. The molecular formula is C17H17FIN5O. The van der Waals surface area contributed by atoms with E-state index in [1.165, 1.54) is 0 Å². The second kappa shape index (κ2) is 7.20. The summed E-state index contributed by atoms with van der Waals surface area (Å²) in [5.41, 5.74) is 2.11. The molecule has 8 heteroatoms. The number of rotatable bonds is 4. The van der Waals surface area contributed by atoms with Crippen LogP contribution in [0.4, 0.5) is 10.2 Å². The molecule has 1 aliphatic heterocycles. The van der Waals surface area contributed by atoms with Crippen molar-refractivity contribution in [3.8, 4) is 0 Å². The number of hydrogen-bond acceptors (Lipinski definition) is 5. The Bertz CT molecular complexity index is 894. The van der Waals surface area contributed by atoms with Crippen molar-refractivity contribution in [3.05, 3.63) is 45.8 Å². The third kappa shape index (κ3) is 3.59. The van der Waals surface area contributed by atoms with Gasteiger partial charge in [0, 0.05) is 16.7 Å². The molecule has 2 aromatic heterocycles. The molecule has 1 saturated heterocycles. The first-order valence-corrected chi connectivity index (χ1v) is 9.28. The summed E-state index contributed by atoms with van der Waals surface area (Å²) in [6, 6.07) is 8.09. The molecule has 130 valence electrons. The summed E-state index contributed by atoms with van der Waals surface area (Å²) in [7, 11) is 0. The van der Waals surface area contributed by atoms with E-state index in [2.05, 4.69) is 48.9 Å². The molecular weight excluding hydrogens is 436 g/mol. The van der Waals surface area contributed by atoms with Crippen LogP contribution < -0.4 is 5.32 Å².